The molecule has 0 fully saturated rings. The predicted molar refractivity (Wildman–Crippen MR) is 53.2 cm³/mol. The summed E-state index contributed by atoms with van der Waals surface area (Å²) in [6.07, 6.45) is 0. The van der Waals surface area contributed by atoms with E-state index in [4.69, 9.17) is 0 Å². The molecule has 0 bridgehead atoms. The van der Waals surface area contributed by atoms with E-state index in [1.54, 1.807) is 0 Å². The van der Waals surface area contributed by atoms with Crippen LogP contribution >= 0.6 is 0 Å². The highest BCUT2D eigenvalue weighted by Crippen LogP contribution is 2.28. The third-order valence-electron chi connectivity index (χ3n) is 1.64. The first-order valence-electron chi connectivity index (χ1n) is 4.34. The lowest BCUT2D eigenvalue weighted by Crippen LogP contribution is -2.64. The van der Waals surface area contributed by atoms with Gasteiger partial charge in [-0.3, -0.25) is 4.70 Å². The van der Waals surface area contributed by atoms with E-state index in [-0.39, 0.29) is 4.70 Å². The van der Waals surface area contributed by atoms with Crippen LogP contribution in [0.3, 0.4) is 0 Å². The number of aliphatic hydroxyl groups is 3. The zero-order valence-corrected chi connectivity index (χ0v) is 9.70. The number of nitrogens with zero attached hydrogens (tertiary/aromatic N) is 1. The van der Waals surface area contributed by atoms with Gasteiger partial charge in [0.2, 0.25) is 0 Å². The molecule has 0 heterocycles. The Hall–Kier alpha value is -0.230. The minimum atomic E-state index is -1.28. The molecule has 0 saturated carbocycles. The Morgan fingerprint density at radius 2 is 0.786 bits per heavy atom. The molecule has 0 saturated heterocycles. The van der Waals surface area contributed by atoms with E-state index < -0.39 is 17.2 Å². The molecule has 5 heteroatoms. The zero-order chi connectivity index (χ0) is 11.1. The molecule has 4 nitrogen and oxygen atoms in total. The monoisotopic (exact) mass is 211 g/mol. The summed E-state index contributed by atoms with van der Waals surface area (Å²) >= 11 is 0. The van der Waals surface area contributed by atoms with Gasteiger partial charge < -0.3 is 15.3 Å². The first kappa shape index (κ1) is 16.2. The summed E-state index contributed by atoms with van der Waals surface area (Å²) in [5, 5.41) is 29.3. The first-order chi connectivity index (χ1) is 5.37. The third kappa shape index (κ3) is 4.32. The van der Waals surface area contributed by atoms with E-state index in [0.29, 0.717) is 0 Å². The quantitative estimate of drug-likeness (QED) is 0.599. The van der Waals surface area contributed by atoms with Crippen LogP contribution < -0.4 is 0 Å². The van der Waals surface area contributed by atoms with E-state index in [9.17, 15) is 15.3 Å². The summed E-state index contributed by atoms with van der Waals surface area (Å²) in [5.41, 5.74) is -3.84. The Morgan fingerprint density at radius 1 is 0.643 bits per heavy atom. The second kappa shape index (κ2) is 4.10. The van der Waals surface area contributed by atoms with Gasteiger partial charge >= 0.3 is 0 Å². The highest BCUT2D eigenvalue weighted by atomic mass is 19.0. The molecule has 0 unspecified atom stereocenters. The van der Waals surface area contributed by atoms with Gasteiger partial charge in [0.25, 0.3) is 0 Å². The number of hydrogen-bond donors (Lipinski definition) is 3. The standard InChI is InChI=1S/C9H21NO3.FH/c1-7(2,11)10(8(3,4)12)9(5,6)13;/h11-13H,1-6H3;1H. The topological polar surface area (TPSA) is 63.9 Å². The van der Waals surface area contributed by atoms with Crippen molar-refractivity contribution >= 4 is 0 Å². The third-order valence-corrected chi connectivity index (χ3v) is 1.64. The van der Waals surface area contributed by atoms with Crippen molar-refractivity contribution in [2.24, 2.45) is 0 Å². The molecule has 0 aromatic carbocycles. The smallest absolute Gasteiger partial charge is 0.117 e. The highest BCUT2D eigenvalue weighted by molar-refractivity contribution is 4.84. The van der Waals surface area contributed by atoms with E-state index in [1.165, 1.54) is 46.4 Å². The van der Waals surface area contributed by atoms with Crippen molar-refractivity contribution in [3.8, 4) is 0 Å². The van der Waals surface area contributed by atoms with Gasteiger partial charge in [0.05, 0.1) is 0 Å². The molecule has 0 aromatic heterocycles. The Labute approximate surface area is 84.5 Å². The van der Waals surface area contributed by atoms with Crippen LogP contribution in [-0.4, -0.2) is 37.4 Å². The van der Waals surface area contributed by atoms with Gasteiger partial charge in [-0.1, -0.05) is 0 Å². The fourth-order valence-electron chi connectivity index (χ4n) is 2.01. The highest BCUT2D eigenvalue weighted by Gasteiger charge is 2.43. The number of halogens is 1. The fourth-order valence-corrected chi connectivity index (χ4v) is 2.01. The summed E-state index contributed by atoms with van der Waals surface area (Å²) < 4.78 is 0. The molecule has 14 heavy (non-hydrogen) atoms. The van der Waals surface area contributed by atoms with Crippen LogP contribution in [-0.2, 0) is 0 Å². The zero-order valence-electron chi connectivity index (χ0n) is 9.70. The van der Waals surface area contributed by atoms with Crippen molar-refractivity contribution in [3.63, 3.8) is 0 Å². The molecule has 0 rings (SSSR count). The van der Waals surface area contributed by atoms with Crippen LogP contribution in [0.5, 0.6) is 0 Å². The van der Waals surface area contributed by atoms with Crippen molar-refractivity contribution < 1.29 is 20.0 Å². The van der Waals surface area contributed by atoms with Crippen LogP contribution in [0.15, 0.2) is 0 Å². The molecule has 0 atom stereocenters. The maximum Gasteiger partial charge on any atom is 0.117 e. The normalized spacial score (nSPS) is 14.1. The molecule has 88 valence electrons. The molecule has 0 spiro atoms. The molecule has 0 radical (unpaired) electrons. The Balaban J connectivity index is 0. The molecule has 0 aromatic rings. The lowest BCUT2D eigenvalue weighted by molar-refractivity contribution is -0.288. The summed E-state index contributed by atoms with van der Waals surface area (Å²) in [5.74, 6) is 0. The van der Waals surface area contributed by atoms with Gasteiger partial charge in [-0.2, -0.15) is 0 Å². The average Bonchev–Trinajstić information content (AvgIpc) is 1.44. The SMILES string of the molecule is CC(C)(O)N(C(C)(C)O)C(C)(C)O.F. The van der Waals surface area contributed by atoms with E-state index in [2.05, 4.69) is 0 Å². The van der Waals surface area contributed by atoms with E-state index in [0.717, 1.165) is 0 Å². The summed E-state index contributed by atoms with van der Waals surface area (Å²) in [4.78, 5) is 1.23. The van der Waals surface area contributed by atoms with Crippen molar-refractivity contribution in [3.05, 3.63) is 0 Å². The molecule has 0 aliphatic rings. The minimum absolute atomic E-state index is 0. The second-order valence-electron chi connectivity index (χ2n) is 4.82. The second-order valence-corrected chi connectivity index (χ2v) is 4.82. The van der Waals surface area contributed by atoms with Gasteiger partial charge in [-0.25, -0.2) is 4.90 Å². The minimum Gasteiger partial charge on any atom is -0.376 e. The van der Waals surface area contributed by atoms with Gasteiger partial charge in [-0.05, 0) is 41.5 Å². The largest absolute Gasteiger partial charge is 0.376 e. The van der Waals surface area contributed by atoms with Crippen molar-refractivity contribution in [1.29, 1.82) is 0 Å². The fraction of sp³-hybridized carbons (Fsp3) is 1.00. The van der Waals surface area contributed by atoms with Crippen LogP contribution in [0, 0.1) is 0 Å². The van der Waals surface area contributed by atoms with Gasteiger partial charge in [0.1, 0.15) is 17.2 Å². The van der Waals surface area contributed by atoms with Gasteiger partial charge in [0, 0.05) is 0 Å². The first-order valence-corrected chi connectivity index (χ1v) is 4.34. The Kier molecular flexibility index (Phi) is 4.75. The summed E-state index contributed by atoms with van der Waals surface area (Å²) in [6.45, 7) is 9.10. The van der Waals surface area contributed by atoms with Crippen LogP contribution in [0.25, 0.3) is 0 Å². The maximum atomic E-state index is 9.75. The Morgan fingerprint density at radius 3 is 0.786 bits per heavy atom. The average molecular weight is 211 g/mol. The molecule has 0 amide bonds. The molecular weight excluding hydrogens is 189 g/mol. The number of rotatable bonds is 3. The molecule has 3 N–H and O–H groups in total. The van der Waals surface area contributed by atoms with Crippen molar-refractivity contribution in [1.82, 2.24) is 4.90 Å². The van der Waals surface area contributed by atoms with Crippen molar-refractivity contribution in [2.75, 3.05) is 0 Å². The molecule has 0 aliphatic carbocycles. The molecular formula is C9H22FNO3. The summed E-state index contributed by atoms with van der Waals surface area (Å²) in [7, 11) is 0. The van der Waals surface area contributed by atoms with E-state index in [1.807, 2.05) is 0 Å². The Bertz CT molecular complexity index is 143. The predicted octanol–water partition coefficient (Wildman–Crippen LogP) is 0.626. The van der Waals surface area contributed by atoms with Crippen molar-refractivity contribution in [2.45, 2.75) is 58.7 Å². The van der Waals surface area contributed by atoms with Crippen LogP contribution in [0.2, 0.25) is 0 Å². The van der Waals surface area contributed by atoms with Gasteiger partial charge in [-0.15, -0.1) is 0 Å². The van der Waals surface area contributed by atoms with E-state index >= 15 is 0 Å². The lowest BCUT2D eigenvalue weighted by atomic mass is 10.1. The van der Waals surface area contributed by atoms with Crippen LogP contribution in [0.4, 0.5) is 4.70 Å². The maximum absolute atomic E-state index is 9.75. The number of hydrogen-bond acceptors (Lipinski definition) is 4. The van der Waals surface area contributed by atoms with Crippen LogP contribution in [0.1, 0.15) is 41.5 Å². The van der Waals surface area contributed by atoms with Gasteiger partial charge in [0.15, 0.2) is 0 Å². The summed E-state index contributed by atoms with van der Waals surface area (Å²) in [6, 6.07) is 0. The lowest BCUT2D eigenvalue weighted by Gasteiger charge is -2.49. The molecule has 0 aliphatic heterocycles.